The number of pyridine rings is 1. The topological polar surface area (TPSA) is 123 Å². The third-order valence-electron chi connectivity index (χ3n) is 8.18. The van der Waals surface area contributed by atoms with Gasteiger partial charge in [0.15, 0.2) is 5.78 Å². The van der Waals surface area contributed by atoms with Gasteiger partial charge in [-0.25, -0.2) is 0 Å². The van der Waals surface area contributed by atoms with E-state index in [1.54, 1.807) is 25.1 Å². The summed E-state index contributed by atoms with van der Waals surface area (Å²) >= 11 is 0. The normalized spacial score (nSPS) is 28.8. The largest absolute Gasteiger partial charge is 0.508 e. The van der Waals surface area contributed by atoms with E-state index < -0.39 is 28.5 Å². The molecule has 1 fully saturated rings. The number of Topliss-reactive ketones (excluding diaryl/α,β-unsaturated/α-hetero) is 1. The Bertz CT molecular complexity index is 1240. The summed E-state index contributed by atoms with van der Waals surface area (Å²) < 4.78 is 0. The molecule has 0 spiro atoms. The maximum atomic E-state index is 12.8. The highest BCUT2D eigenvalue weighted by Crippen LogP contribution is 2.56. The molecule has 174 valence electrons. The van der Waals surface area contributed by atoms with Crippen LogP contribution < -0.4 is 10.9 Å². The second-order valence-electron chi connectivity index (χ2n) is 9.97. The van der Waals surface area contributed by atoms with E-state index in [1.807, 2.05) is 13.1 Å². The van der Waals surface area contributed by atoms with Crippen LogP contribution in [-0.4, -0.2) is 63.1 Å². The number of carbonyl (C=O) groups is 2. The number of nitrogens with one attached hydrogen (secondary N) is 2. The fourth-order valence-corrected chi connectivity index (χ4v) is 6.20. The van der Waals surface area contributed by atoms with E-state index in [0.29, 0.717) is 25.0 Å². The summed E-state index contributed by atoms with van der Waals surface area (Å²) in [5.41, 5.74) is 1.16. The van der Waals surface area contributed by atoms with Gasteiger partial charge in [-0.1, -0.05) is 6.07 Å². The molecule has 3 aliphatic rings. The average Bonchev–Trinajstić information content (AvgIpc) is 2.75. The highest BCUT2D eigenvalue weighted by Gasteiger charge is 2.64. The number of aromatic nitrogens is 1. The SMILES string of the molecule is CC(=O)[C@H](C)NC(=O)c1cc2c([nH]c1=O)C[C@]13CCN(C)[C@H](Cc4ccc(O)cc41)[C@]3(O)C2. The zero-order valence-corrected chi connectivity index (χ0v) is 19.1. The number of phenols is 1. The molecule has 4 N–H and O–H groups in total. The number of ketones is 1. The van der Waals surface area contributed by atoms with Crippen LogP contribution in [0.1, 0.15) is 53.0 Å². The van der Waals surface area contributed by atoms with Crippen LogP contribution in [-0.2, 0) is 29.5 Å². The second-order valence-corrected chi connectivity index (χ2v) is 9.97. The molecule has 1 aromatic heterocycles. The van der Waals surface area contributed by atoms with E-state index in [2.05, 4.69) is 15.2 Å². The molecule has 2 aliphatic carbocycles. The zero-order chi connectivity index (χ0) is 23.7. The van der Waals surface area contributed by atoms with Crippen LogP contribution in [0.5, 0.6) is 5.75 Å². The molecule has 2 aromatic rings. The van der Waals surface area contributed by atoms with Crippen LogP contribution in [0, 0.1) is 0 Å². The fraction of sp³-hybridized carbons (Fsp3) is 0.480. The summed E-state index contributed by atoms with van der Waals surface area (Å²) in [5, 5.41) is 25.1. The van der Waals surface area contributed by atoms with Crippen molar-refractivity contribution in [3.63, 3.8) is 0 Å². The van der Waals surface area contributed by atoms with Crippen molar-refractivity contribution in [1.29, 1.82) is 0 Å². The van der Waals surface area contributed by atoms with Crippen molar-refractivity contribution in [3.8, 4) is 5.75 Å². The zero-order valence-electron chi connectivity index (χ0n) is 19.1. The van der Waals surface area contributed by atoms with Crippen LogP contribution in [0.2, 0.25) is 0 Å². The van der Waals surface area contributed by atoms with Crippen LogP contribution in [0.25, 0.3) is 0 Å². The Hall–Kier alpha value is -2.97. The van der Waals surface area contributed by atoms with Crippen LogP contribution in [0.4, 0.5) is 0 Å². The number of carbonyl (C=O) groups excluding carboxylic acids is 2. The third kappa shape index (κ3) is 3.08. The monoisotopic (exact) mass is 451 g/mol. The van der Waals surface area contributed by atoms with Gasteiger partial charge in [0, 0.05) is 30.0 Å². The first-order valence-electron chi connectivity index (χ1n) is 11.4. The molecule has 5 rings (SSSR count). The molecule has 1 aliphatic heterocycles. The van der Waals surface area contributed by atoms with E-state index in [9.17, 15) is 24.6 Å². The molecule has 4 atom stereocenters. The number of H-pyrrole nitrogens is 1. The van der Waals surface area contributed by atoms with E-state index in [-0.39, 0.29) is 29.6 Å². The van der Waals surface area contributed by atoms with Crippen molar-refractivity contribution >= 4 is 11.7 Å². The summed E-state index contributed by atoms with van der Waals surface area (Å²) in [6.45, 7) is 3.75. The number of rotatable bonds is 3. The van der Waals surface area contributed by atoms with Gasteiger partial charge in [0.25, 0.3) is 11.5 Å². The smallest absolute Gasteiger partial charge is 0.261 e. The molecule has 0 radical (unpaired) electrons. The van der Waals surface area contributed by atoms with E-state index >= 15 is 0 Å². The summed E-state index contributed by atoms with van der Waals surface area (Å²) in [7, 11) is 2.02. The van der Waals surface area contributed by atoms with Gasteiger partial charge in [-0.3, -0.25) is 14.4 Å². The molecule has 33 heavy (non-hydrogen) atoms. The summed E-state index contributed by atoms with van der Waals surface area (Å²) in [5.74, 6) is -0.645. The first-order valence-corrected chi connectivity index (χ1v) is 11.4. The number of aromatic amines is 1. The van der Waals surface area contributed by atoms with Crippen molar-refractivity contribution < 1.29 is 19.8 Å². The van der Waals surface area contributed by atoms with Crippen LogP contribution >= 0.6 is 0 Å². The number of hydrogen-bond donors (Lipinski definition) is 4. The van der Waals surface area contributed by atoms with Crippen molar-refractivity contribution in [2.45, 2.75) is 62.6 Å². The first-order chi connectivity index (χ1) is 15.6. The lowest BCUT2D eigenvalue weighted by Gasteiger charge is -2.63. The highest BCUT2D eigenvalue weighted by atomic mass is 16.3. The molecule has 0 unspecified atom stereocenters. The Labute approximate surface area is 191 Å². The third-order valence-corrected chi connectivity index (χ3v) is 8.18. The number of amides is 1. The van der Waals surface area contributed by atoms with Crippen molar-refractivity contribution in [2.24, 2.45) is 0 Å². The van der Waals surface area contributed by atoms with Gasteiger partial charge in [-0.15, -0.1) is 0 Å². The van der Waals surface area contributed by atoms with Gasteiger partial charge in [-0.2, -0.15) is 0 Å². The van der Waals surface area contributed by atoms with Gasteiger partial charge in [0.1, 0.15) is 11.3 Å². The lowest BCUT2D eigenvalue weighted by atomic mass is 9.49. The number of hydrogen-bond acceptors (Lipinski definition) is 6. The predicted molar refractivity (Wildman–Crippen MR) is 122 cm³/mol. The maximum Gasteiger partial charge on any atom is 0.261 e. The van der Waals surface area contributed by atoms with Crippen LogP contribution in [0.15, 0.2) is 29.1 Å². The molecular formula is C25H29N3O5. The Kier molecular flexibility index (Phi) is 4.81. The number of phenolic OH excluding ortho intramolecular Hbond substituents is 1. The van der Waals surface area contributed by atoms with Gasteiger partial charge in [0.2, 0.25) is 0 Å². The first kappa shape index (κ1) is 21.9. The standard InChI is InChI=1S/C25H29N3O5/c1-13(14(2)29)26-22(31)18-8-16-11-25(33)21-9-15-4-5-17(30)10-19(15)24(25,6-7-28(21)3)12-20(16)27-23(18)32/h4-5,8,10,13,21,30,33H,6-7,9,11-12H2,1-3H3,(H,26,31)(H,27,32)/t13-,21+,24+,25+/m0/s1. The second kappa shape index (κ2) is 7.27. The van der Waals surface area contributed by atoms with E-state index in [1.165, 1.54) is 6.92 Å². The molecule has 1 aromatic carbocycles. The van der Waals surface area contributed by atoms with Crippen molar-refractivity contribution in [1.82, 2.24) is 15.2 Å². The summed E-state index contributed by atoms with van der Waals surface area (Å²) in [6.07, 6.45) is 2.05. The summed E-state index contributed by atoms with van der Waals surface area (Å²) in [4.78, 5) is 42.2. The van der Waals surface area contributed by atoms with Gasteiger partial charge in [-0.05, 0) is 75.2 Å². The number of likely N-dealkylation sites (tertiary alicyclic amines) is 1. The molecule has 0 saturated carbocycles. The number of benzene rings is 1. The van der Waals surface area contributed by atoms with Gasteiger partial charge < -0.3 is 25.4 Å². The molecule has 1 amide bonds. The Morgan fingerprint density at radius 1 is 1.24 bits per heavy atom. The average molecular weight is 452 g/mol. The van der Waals surface area contributed by atoms with E-state index in [4.69, 9.17) is 0 Å². The molecule has 2 bridgehead atoms. The molecule has 8 nitrogen and oxygen atoms in total. The molecular weight excluding hydrogens is 422 g/mol. The van der Waals surface area contributed by atoms with Crippen LogP contribution in [0.3, 0.4) is 0 Å². The molecule has 8 heteroatoms. The number of piperidine rings is 1. The minimum Gasteiger partial charge on any atom is -0.508 e. The lowest BCUT2D eigenvalue weighted by Crippen LogP contribution is -2.73. The minimum atomic E-state index is -1.12. The fourth-order valence-electron chi connectivity index (χ4n) is 6.20. The maximum absolute atomic E-state index is 12.8. The number of nitrogens with zero attached hydrogens (tertiary/aromatic N) is 1. The van der Waals surface area contributed by atoms with E-state index in [0.717, 1.165) is 23.2 Å². The number of fused-ring (bicyclic) bond motifs is 2. The Morgan fingerprint density at radius 2 is 2.00 bits per heavy atom. The minimum absolute atomic E-state index is 0.0613. The quantitative estimate of drug-likeness (QED) is 0.548. The Morgan fingerprint density at radius 3 is 2.73 bits per heavy atom. The van der Waals surface area contributed by atoms with Gasteiger partial charge in [0.05, 0.1) is 11.6 Å². The van der Waals surface area contributed by atoms with Crippen molar-refractivity contribution in [2.75, 3.05) is 13.6 Å². The number of aromatic hydroxyl groups is 1. The molecule has 2 heterocycles. The van der Waals surface area contributed by atoms with Crippen molar-refractivity contribution in [3.05, 3.63) is 62.6 Å². The summed E-state index contributed by atoms with van der Waals surface area (Å²) in [6, 6.07) is 6.11. The Balaban J connectivity index is 1.62. The lowest BCUT2D eigenvalue weighted by molar-refractivity contribution is -0.145. The number of likely N-dealkylation sites (N-methyl/N-ethyl adjacent to an activating group) is 1. The van der Waals surface area contributed by atoms with Gasteiger partial charge >= 0.3 is 0 Å². The highest BCUT2D eigenvalue weighted by molar-refractivity contribution is 5.97. The molecule has 1 saturated heterocycles. The predicted octanol–water partition coefficient (Wildman–Crippen LogP) is 0.816. The number of aliphatic hydroxyl groups is 1.